The first-order valence-electron chi connectivity index (χ1n) is 7.27. The molecular formula is C15H20O5S2. The van der Waals surface area contributed by atoms with Crippen molar-refractivity contribution in [3.63, 3.8) is 0 Å². The van der Waals surface area contributed by atoms with Gasteiger partial charge in [-0.1, -0.05) is 12.2 Å². The molecule has 0 aromatic carbocycles. The van der Waals surface area contributed by atoms with E-state index in [1.165, 1.54) is 14.2 Å². The second-order valence-corrected chi connectivity index (χ2v) is 8.63. The molecule has 122 valence electrons. The number of fused-ring (bicyclic) bond motifs is 2. The molecule has 3 rings (SSSR count). The first-order chi connectivity index (χ1) is 10.5. The van der Waals surface area contributed by atoms with Gasteiger partial charge in [0, 0.05) is 0 Å². The van der Waals surface area contributed by atoms with Crippen molar-refractivity contribution in [2.45, 2.75) is 29.6 Å². The SMILES string of the molecule is COC(=O)[C@H]1[C@](C)(C(=O)OC)[C@@H]2C=C[C@@]1(C1SCCCS1)O2. The predicted octanol–water partition coefficient (Wildman–Crippen LogP) is 1.86. The first-order valence-corrected chi connectivity index (χ1v) is 9.37. The third-order valence-electron chi connectivity index (χ3n) is 4.76. The third-order valence-corrected chi connectivity index (χ3v) is 7.97. The van der Waals surface area contributed by atoms with Crippen molar-refractivity contribution >= 4 is 35.5 Å². The third kappa shape index (κ3) is 2.05. The normalized spacial score (nSPS) is 40.7. The molecule has 0 unspecified atom stereocenters. The number of hydrogen-bond acceptors (Lipinski definition) is 7. The van der Waals surface area contributed by atoms with Gasteiger partial charge in [-0.15, -0.1) is 23.5 Å². The molecule has 22 heavy (non-hydrogen) atoms. The summed E-state index contributed by atoms with van der Waals surface area (Å²) >= 11 is 3.58. The van der Waals surface area contributed by atoms with E-state index in [1.54, 1.807) is 30.4 Å². The maximum absolute atomic E-state index is 12.5. The average Bonchev–Trinajstić information content (AvgIpc) is 3.10. The maximum Gasteiger partial charge on any atom is 0.315 e. The smallest absolute Gasteiger partial charge is 0.315 e. The number of hydrogen-bond donors (Lipinski definition) is 0. The molecule has 0 radical (unpaired) electrons. The van der Waals surface area contributed by atoms with E-state index in [0.29, 0.717) is 0 Å². The molecule has 3 aliphatic rings. The van der Waals surface area contributed by atoms with Crippen molar-refractivity contribution in [1.82, 2.24) is 0 Å². The molecule has 2 fully saturated rings. The number of thioether (sulfide) groups is 2. The molecule has 0 aromatic heterocycles. The summed E-state index contributed by atoms with van der Waals surface area (Å²) in [5.41, 5.74) is -1.84. The molecule has 0 spiro atoms. The number of methoxy groups -OCH3 is 2. The van der Waals surface area contributed by atoms with E-state index in [4.69, 9.17) is 14.2 Å². The standard InChI is InChI=1S/C15H20O5S2/c1-14(12(17)19-3)9-5-6-15(20-9,10(14)11(16)18-2)13-21-7-4-8-22-13/h5-6,9-10,13H,4,7-8H2,1-3H3/t9-,10-,14+,15+/m0/s1. The van der Waals surface area contributed by atoms with Crippen molar-refractivity contribution in [2.24, 2.45) is 11.3 Å². The lowest BCUT2D eigenvalue weighted by molar-refractivity contribution is -0.165. The van der Waals surface area contributed by atoms with Crippen LogP contribution in [0.25, 0.3) is 0 Å². The highest BCUT2D eigenvalue weighted by Crippen LogP contribution is 2.61. The van der Waals surface area contributed by atoms with Gasteiger partial charge < -0.3 is 14.2 Å². The summed E-state index contributed by atoms with van der Waals surface area (Å²) in [6.45, 7) is 1.74. The van der Waals surface area contributed by atoms with Gasteiger partial charge in [0.1, 0.15) is 16.9 Å². The summed E-state index contributed by atoms with van der Waals surface area (Å²) in [7, 11) is 2.69. The van der Waals surface area contributed by atoms with Crippen LogP contribution in [-0.2, 0) is 23.8 Å². The van der Waals surface area contributed by atoms with Gasteiger partial charge in [0.2, 0.25) is 0 Å². The molecule has 0 aliphatic carbocycles. The molecule has 0 amide bonds. The van der Waals surface area contributed by atoms with E-state index in [9.17, 15) is 9.59 Å². The average molecular weight is 344 g/mol. The summed E-state index contributed by atoms with van der Waals surface area (Å²) in [4.78, 5) is 24.9. The van der Waals surface area contributed by atoms with Gasteiger partial charge in [0.05, 0.1) is 24.9 Å². The Bertz CT molecular complexity index is 516. The predicted molar refractivity (Wildman–Crippen MR) is 85.7 cm³/mol. The fraction of sp³-hybridized carbons (Fsp3) is 0.733. The van der Waals surface area contributed by atoms with E-state index in [-0.39, 0.29) is 4.58 Å². The number of esters is 2. The molecule has 3 heterocycles. The van der Waals surface area contributed by atoms with Crippen molar-refractivity contribution < 1.29 is 23.8 Å². The topological polar surface area (TPSA) is 61.8 Å². The maximum atomic E-state index is 12.5. The van der Waals surface area contributed by atoms with Crippen molar-refractivity contribution in [3.8, 4) is 0 Å². The molecule has 0 aromatic rings. The van der Waals surface area contributed by atoms with Gasteiger partial charge in [0.25, 0.3) is 0 Å². The molecular weight excluding hydrogens is 324 g/mol. The molecule has 2 saturated heterocycles. The minimum Gasteiger partial charge on any atom is -0.469 e. The van der Waals surface area contributed by atoms with Gasteiger partial charge in [-0.25, -0.2) is 0 Å². The summed E-state index contributed by atoms with van der Waals surface area (Å²) in [6, 6.07) is 0. The Morgan fingerprint density at radius 2 is 1.91 bits per heavy atom. The quantitative estimate of drug-likeness (QED) is 0.572. The van der Waals surface area contributed by atoms with Crippen LogP contribution < -0.4 is 0 Å². The highest BCUT2D eigenvalue weighted by molar-refractivity contribution is 8.17. The van der Waals surface area contributed by atoms with E-state index >= 15 is 0 Å². The Morgan fingerprint density at radius 3 is 2.50 bits per heavy atom. The summed E-state index contributed by atoms with van der Waals surface area (Å²) in [5.74, 6) is 0.542. The summed E-state index contributed by atoms with van der Waals surface area (Å²) in [6.07, 6.45) is 4.55. The molecule has 7 heteroatoms. The first kappa shape index (κ1) is 16.2. The monoisotopic (exact) mass is 344 g/mol. The fourth-order valence-electron chi connectivity index (χ4n) is 3.68. The van der Waals surface area contributed by atoms with Crippen LogP contribution in [0.4, 0.5) is 0 Å². The lowest BCUT2D eigenvalue weighted by atomic mass is 9.65. The Hall–Kier alpha value is -0.660. The zero-order valence-corrected chi connectivity index (χ0v) is 14.5. The molecule has 0 saturated carbocycles. The van der Waals surface area contributed by atoms with Crippen molar-refractivity contribution in [3.05, 3.63) is 12.2 Å². The second-order valence-electron chi connectivity index (χ2n) is 5.91. The Labute approximate surface area is 138 Å². The Balaban J connectivity index is 2.05. The zero-order chi connectivity index (χ0) is 16.0. The minimum absolute atomic E-state index is 0.0816. The summed E-state index contributed by atoms with van der Waals surface area (Å²) < 4.78 is 16.3. The molecule has 4 atom stereocenters. The number of carbonyl (C=O) groups excluding carboxylic acids is 2. The summed E-state index contributed by atoms with van der Waals surface area (Å²) in [5, 5.41) is 0. The van der Waals surface area contributed by atoms with Crippen LogP contribution in [0, 0.1) is 11.3 Å². The molecule has 0 N–H and O–H groups in total. The van der Waals surface area contributed by atoms with Gasteiger partial charge in [0.15, 0.2) is 0 Å². The zero-order valence-electron chi connectivity index (χ0n) is 12.9. The Kier molecular flexibility index (Phi) is 4.24. The minimum atomic E-state index is -1.05. The van der Waals surface area contributed by atoms with Crippen LogP contribution >= 0.6 is 23.5 Å². The largest absolute Gasteiger partial charge is 0.469 e. The van der Waals surface area contributed by atoms with Crippen LogP contribution in [0.5, 0.6) is 0 Å². The highest BCUT2D eigenvalue weighted by Gasteiger charge is 2.72. The van der Waals surface area contributed by atoms with E-state index in [2.05, 4.69) is 0 Å². The number of ether oxygens (including phenoxy) is 3. The molecule has 5 nitrogen and oxygen atoms in total. The highest BCUT2D eigenvalue weighted by atomic mass is 32.2. The number of carbonyl (C=O) groups is 2. The van der Waals surface area contributed by atoms with Crippen LogP contribution in [-0.4, -0.2) is 54.0 Å². The molecule has 3 aliphatic heterocycles. The van der Waals surface area contributed by atoms with Gasteiger partial charge in [-0.3, -0.25) is 9.59 Å². The van der Waals surface area contributed by atoms with Crippen LogP contribution in [0.1, 0.15) is 13.3 Å². The van der Waals surface area contributed by atoms with Gasteiger partial charge in [-0.05, 0) is 24.9 Å². The van der Waals surface area contributed by atoms with Crippen LogP contribution in [0.15, 0.2) is 12.2 Å². The van der Waals surface area contributed by atoms with E-state index in [0.717, 1.165) is 17.9 Å². The van der Waals surface area contributed by atoms with Gasteiger partial charge in [-0.2, -0.15) is 0 Å². The molecule has 2 bridgehead atoms. The Morgan fingerprint density at radius 1 is 1.23 bits per heavy atom. The fourth-order valence-corrected chi connectivity index (χ4v) is 6.93. The van der Waals surface area contributed by atoms with E-state index in [1.807, 2.05) is 12.2 Å². The lowest BCUT2D eigenvalue weighted by Crippen LogP contribution is -2.54. The number of rotatable bonds is 3. The van der Waals surface area contributed by atoms with Gasteiger partial charge >= 0.3 is 11.9 Å². The second kappa shape index (κ2) is 5.76. The van der Waals surface area contributed by atoms with Crippen molar-refractivity contribution in [2.75, 3.05) is 25.7 Å². The lowest BCUT2D eigenvalue weighted by Gasteiger charge is -2.41. The van der Waals surface area contributed by atoms with Crippen LogP contribution in [0.2, 0.25) is 0 Å². The van der Waals surface area contributed by atoms with E-state index < -0.39 is 35.0 Å². The van der Waals surface area contributed by atoms with Crippen LogP contribution in [0.3, 0.4) is 0 Å². The van der Waals surface area contributed by atoms with Crippen molar-refractivity contribution in [1.29, 1.82) is 0 Å².